The van der Waals surface area contributed by atoms with Crippen LogP contribution in [-0.2, 0) is 6.54 Å². The van der Waals surface area contributed by atoms with E-state index in [2.05, 4.69) is 21.2 Å². The van der Waals surface area contributed by atoms with E-state index in [9.17, 15) is 9.90 Å². The molecular formula is C24H19Cl2N3O2. The number of amides is 1. The van der Waals surface area contributed by atoms with E-state index in [-0.39, 0.29) is 10.8 Å². The van der Waals surface area contributed by atoms with Gasteiger partial charge in [-0.25, -0.2) is 5.43 Å². The molecule has 1 heterocycles. The van der Waals surface area contributed by atoms with Crippen LogP contribution in [0.1, 0.15) is 27.0 Å². The average molecular weight is 452 g/mol. The van der Waals surface area contributed by atoms with Gasteiger partial charge in [0.15, 0.2) is 0 Å². The summed E-state index contributed by atoms with van der Waals surface area (Å²) in [5.74, 6) is -0.495. The lowest BCUT2D eigenvalue weighted by Gasteiger charge is -2.08. The third kappa shape index (κ3) is 4.58. The van der Waals surface area contributed by atoms with Crippen molar-refractivity contribution in [3.05, 3.63) is 99.2 Å². The second-order valence-electron chi connectivity index (χ2n) is 7.17. The quantitative estimate of drug-likeness (QED) is 0.298. The molecular weight excluding hydrogens is 433 g/mol. The molecule has 0 spiro atoms. The fourth-order valence-corrected chi connectivity index (χ4v) is 3.69. The topological polar surface area (TPSA) is 66.6 Å². The van der Waals surface area contributed by atoms with Crippen molar-refractivity contribution < 1.29 is 9.90 Å². The normalized spacial score (nSPS) is 11.3. The predicted molar refractivity (Wildman–Crippen MR) is 125 cm³/mol. The first-order chi connectivity index (χ1) is 14.9. The van der Waals surface area contributed by atoms with Crippen molar-refractivity contribution in [1.82, 2.24) is 9.99 Å². The number of carbonyl (C=O) groups is 1. The monoisotopic (exact) mass is 451 g/mol. The Morgan fingerprint density at radius 2 is 1.94 bits per heavy atom. The Balaban J connectivity index is 1.52. The van der Waals surface area contributed by atoms with Crippen molar-refractivity contribution in [2.75, 3.05) is 0 Å². The van der Waals surface area contributed by atoms with Crippen LogP contribution in [0.15, 0.2) is 72.0 Å². The molecule has 0 radical (unpaired) electrons. The highest BCUT2D eigenvalue weighted by Gasteiger charge is 2.08. The zero-order chi connectivity index (χ0) is 22.0. The number of nitrogens with one attached hydrogen (secondary N) is 1. The van der Waals surface area contributed by atoms with Gasteiger partial charge in [0.1, 0.15) is 5.75 Å². The van der Waals surface area contributed by atoms with Crippen molar-refractivity contribution in [1.29, 1.82) is 0 Å². The zero-order valence-corrected chi connectivity index (χ0v) is 18.2. The lowest BCUT2D eigenvalue weighted by Crippen LogP contribution is -2.17. The Kier molecular flexibility index (Phi) is 5.98. The van der Waals surface area contributed by atoms with Crippen LogP contribution >= 0.6 is 23.2 Å². The number of rotatable bonds is 5. The number of aromatic hydroxyl groups is 1. The molecule has 156 valence electrons. The van der Waals surface area contributed by atoms with Gasteiger partial charge in [0.05, 0.1) is 11.2 Å². The summed E-state index contributed by atoms with van der Waals surface area (Å²) in [7, 11) is 0. The van der Waals surface area contributed by atoms with Crippen LogP contribution in [0.25, 0.3) is 10.9 Å². The van der Waals surface area contributed by atoms with Crippen LogP contribution in [0.5, 0.6) is 5.75 Å². The molecule has 7 heteroatoms. The number of phenolic OH excluding ortho intramolecular Hbond substituents is 1. The van der Waals surface area contributed by atoms with Crippen LogP contribution < -0.4 is 5.43 Å². The molecule has 0 saturated heterocycles. The number of aromatic nitrogens is 1. The van der Waals surface area contributed by atoms with E-state index in [0.29, 0.717) is 12.1 Å². The van der Waals surface area contributed by atoms with E-state index in [1.54, 1.807) is 6.21 Å². The third-order valence-corrected chi connectivity index (χ3v) is 5.73. The van der Waals surface area contributed by atoms with Gasteiger partial charge in [0, 0.05) is 39.8 Å². The molecule has 3 aromatic carbocycles. The van der Waals surface area contributed by atoms with Crippen molar-refractivity contribution in [2.24, 2.45) is 5.10 Å². The van der Waals surface area contributed by atoms with Gasteiger partial charge in [0.2, 0.25) is 0 Å². The lowest BCUT2D eigenvalue weighted by molar-refractivity contribution is 0.0955. The van der Waals surface area contributed by atoms with Gasteiger partial charge in [-0.3, -0.25) is 4.79 Å². The van der Waals surface area contributed by atoms with E-state index < -0.39 is 5.91 Å². The molecule has 0 fully saturated rings. The number of nitrogens with zero attached hydrogens (tertiary/aromatic N) is 2. The van der Waals surface area contributed by atoms with E-state index in [1.807, 2.05) is 49.5 Å². The van der Waals surface area contributed by atoms with Gasteiger partial charge < -0.3 is 9.67 Å². The van der Waals surface area contributed by atoms with E-state index in [0.717, 1.165) is 32.6 Å². The molecule has 0 atom stereocenters. The number of carbonyl (C=O) groups excluding carboxylic acids is 1. The largest absolute Gasteiger partial charge is 0.506 e. The number of benzene rings is 3. The van der Waals surface area contributed by atoms with Gasteiger partial charge in [0.25, 0.3) is 5.91 Å². The number of hydrazone groups is 1. The molecule has 4 rings (SSSR count). The highest BCUT2D eigenvalue weighted by atomic mass is 35.5. The summed E-state index contributed by atoms with van der Waals surface area (Å²) in [4.78, 5) is 12.2. The fourth-order valence-electron chi connectivity index (χ4n) is 3.30. The van der Waals surface area contributed by atoms with Crippen molar-refractivity contribution in [2.45, 2.75) is 13.5 Å². The molecule has 1 aromatic heterocycles. The standard InChI is InChI=1S/C24H19Cl2N3O2/c1-15-5-6-16(11-20(15)25)14-29-10-9-19-18(3-2-4-22(19)29)13-27-28-24(31)17-7-8-23(30)21(26)12-17/h2-13,30H,14H2,1H3,(H,28,31). The SMILES string of the molecule is Cc1ccc(Cn2ccc3c(C=NNC(=O)c4ccc(O)c(Cl)c4)cccc32)cc1Cl. The summed E-state index contributed by atoms with van der Waals surface area (Å²) in [6, 6.07) is 18.3. The maximum absolute atomic E-state index is 12.2. The van der Waals surface area contributed by atoms with Crippen LogP contribution in [0.4, 0.5) is 0 Å². The molecule has 0 saturated carbocycles. The minimum Gasteiger partial charge on any atom is -0.506 e. The maximum atomic E-state index is 12.2. The summed E-state index contributed by atoms with van der Waals surface area (Å²) in [6.07, 6.45) is 3.63. The molecule has 0 aliphatic rings. The lowest BCUT2D eigenvalue weighted by atomic mass is 10.1. The van der Waals surface area contributed by atoms with E-state index >= 15 is 0 Å². The van der Waals surface area contributed by atoms with Crippen LogP contribution in [0.2, 0.25) is 10.0 Å². The Hall–Kier alpha value is -3.28. The number of halogens is 2. The number of hydrogen-bond donors (Lipinski definition) is 2. The summed E-state index contributed by atoms with van der Waals surface area (Å²) in [5.41, 5.74) is 6.89. The number of fused-ring (bicyclic) bond motifs is 1. The second kappa shape index (κ2) is 8.84. The van der Waals surface area contributed by atoms with Crippen molar-refractivity contribution >= 4 is 46.2 Å². The molecule has 1 amide bonds. The van der Waals surface area contributed by atoms with Gasteiger partial charge in [-0.1, -0.05) is 47.5 Å². The molecule has 5 nitrogen and oxygen atoms in total. The van der Waals surface area contributed by atoms with Gasteiger partial charge >= 0.3 is 0 Å². The van der Waals surface area contributed by atoms with E-state index in [4.69, 9.17) is 23.2 Å². The summed E-state index contributed by atoms with van der Waals surface area (Å²) < 4.78 is 2.14. The second-order valence-corrected chi connectivity index (χ2v) is 7.99. The Bertz CT molecular complexity index is 1310. The van der Waals surface area contributed by atoms with Gasteiger partial charge in [-0.15, -0.1) is 0 Å². The first-order valence-electron chi connectivity index (χ1n) is 9.57. The third-order valence-electron chi connectivity index (χ3n) is 5.02. The average Bonchev–Trinajstić information content (AvgIpc) is 3.16. The Morgan fingerprint density at radius 1 is 1.10 bits per heavy atom. The van der Waals surface area contributed by atoms with Gasteiger partial charge in [-0.05, 0) is 54.4 Å². The minimum absolute atomic E-state index is 0.0779. The van der Waals surface area contributed by atoms with Crippen molar-refractivity contribution in [3.63, 3.8) is 0 Å². The highest BCUT2D eigenvalue weighted by molar-refractivity contribution is 6.32. The molecule has 0 bridgehead atoms. The minimum atomic E-state index is -0.417. The molecule has 0 unspecified atom stereocenters. The molecule has 31 heavy (non-hydrogen) atoms. The van der Waals surface area contributed by atoms with Crippen LogP contribution in [0.3, 0.4) is 0 Å². The Morgan fingerprint density at radius 3 is 2.71 bits per heavy atom. The predicted octanol–water partition coefficient (Wildman–Crippen LogP) is 5.77. The smallest absolute Gasteiger partial charge is 0.271 e. The summed E-state index contributed by atoms with van der Waals surface area (Å²) >= 11 is 12.1. The molecule has 0 aliphatic carbocycles. The number of phenols is 1. The fraction of sp³-hybridized carbons (Fsp3) is 0.0833. The van der Waals surface area contributed by atoms with Crippen molar-refractivity contribution in [3.8, 4) is 5.75 Å². The number of hydrogen-bond acceptors (Lipinski definition) is 3. The number of aryl methyl sites for hydroxylation is 1. The van der Waals surface area contributed by atoms with E-state index in [1.165, 1.54) is 18.2 Å². The first kappa shape index (κ1) is 21.0. The highest BCUT2D eigenvalue weighted by Crippen LogP contribution is 2.24. The van der Waals surface area contributed by atoms with Gasteiger partial charge in [-0.2, -0.15) is 5.10 Å². The molecule has 2 N–H and O–H groups in total. The summed E-state index contributed by atoms with van der Waals surface area (Å²) in [6.45, 7) is 2.68. The van der Waals surface area contributed by atoms with Crippen LogP contribution in [-0.4, -0.2) is 21.8 Å². The molecule has 4 aromatic rings. The Labute approximate surface area is 189 Å². The summed E-state index contributed by atoms with van der Waals surface area (Å²) in [5, 5.41) is 15.4. The molecule has 0 aliphatic heterocycles. The van der Waals surface area contributed by atoms with Crippen LogP contribution in [0, 0.1) is 6.92 Å². The zero-order valence-electron chi connectivity index (χ0n) is 16.6. The first-order valence-corrected chi connectivity index (χ1v) is 10.3. The maximum Gasteiger partial charge on any atom is 0.271 e.